The van der Waals surface area contributed by atoms with Crippen molar-refractivity contribution in [2.45, 2.75) is 25.9 Å². The zero-order valence-corrected chi connectivity index (χ0v) is 12.6. The predicted octanol–water partition coefficient (Wildman–Crippen LogP) is 3.73. The molecule has 0 aliphatic carbocycles. The van der Waals surface area contributed by atoms with Crippen LogP contribution < -0.4 is 5.73 Å². The van der Waals surface area contributed by atoms with Crippen molar-refractivity contribution in [2.24, 2.45) is 5.73 Å². The fraction of sp³-hybridized carbons (Fsp3) is 0.294. The summed E-state index contributed by atoms with van der Waals surface area (Å²) < 4.78 is 0. The molecule has 106 valence electrons. The first-order valence-corrected chi connectivity index (χ1v) is 7.12. The van der Waals surface area contributed by atoms with E-state index in [2.05, 4.69) is 0 Å². The predicted molar refractivity (Wildman–Crippen MR) is 84.1 cm³/mol. The van der Waals surface area contributed by atoms with Crippen molar-refractivity contribution in [1.29, 1.82) is 0 Å². The highest BCUT2D eigenvalue weighted by atomic mass is 35.5. The van der Waals surface area contributed by atoms with Gasteiger partial charge in [0.2, 0.25) is 0 Å². The van der Waals surface area contributed by atoms with Crippen LogP contribution in [-0.4, -0.2) is 11.7 Å². The molecule has 20 heavy (non-hydrogen) atoms. The van der Waals surface area contributed by atoms with Gasteiger partial charge in [0, 0.05) is 17.5 Å². The largest absolute Gasteiger partial charge is 0.388 e. The lowest BCUT2D eigenvalue weighted by molar-refractivity contribution is 0.146. The van der Waals surface area contributed by atoms with Gasteiger partial charge in [-0.3, -0.25) is 0 Å². The molecule has 0 amide bonds. The van der Waals surface area contributed by atoms with E-state index in [1.807, 2.05) is 56.3 Å². The molecule has 2 aromatic carbocycles. The molecule has 0 radical (unpaired) electrons. The van der Waals surface area contributed by atoms with Gasteiger partial charge in [-0.1, -0.05) is 41.9 Å². The van der Waals surface area contributed by atoms with E-state index in [9.17, 15) is 5.11 Å². The molecule has 0 heterocycles. The molecule has 3 heteroatoms. The molecule has 3 N–H and O–H groups in total. The summed E-state index contributed by atoms with van der Waals surface area (Å²) in [5.74, 6) is -0.158. The third-order valence-corrected chi connectivity index (χ3v) is 4.11. The van der Waals surface area contributed by atoms with Crippen molar-refractivity contribution < 1.29 is 5.11 Å². The summed E-state index contributed by atoms with van der Waals surface area (Å²) in [7, 11) is 0. The molecule has 2 nitrogen and oxygen atoms in total. The van der Waals surface area contributed by atoms with Crippen LogP contribution in [0.3, 0.4) is 0 Å². The summed E-state index contributed by atoms with van der Waals surface area (Å²) in [6.07, 6.45) is -0.627. The maximum atomic E-state index is 10.7. The first-order chi connectivity index (χ1) is 9.54. The fourth-order valence-corrected chi connectivity index (χ4v) is 2.69. The van der Waals surface area contributed by atoms with Gasteiger partial charge in [-0.05, 0) is 48.2 Å². The van der Waals surface area contributed by atoms with E-state index in [1.54, 1.807) is 0 Å². The Balaban J connectivity index is 2.39. The molecule has 2 rings (SSSR count). The summed E-state index contributed by atoms with van der Waals surface area (Å²) in [6.45, 7) is 4.44. The molecule has 2 aromatic rings. The monoisotopic (exact) mass is 289 g/mol. The lowest BCUT2D eigenvalue weighted by Crippen LogP contribution is -2.21. The van der Waals surface area contributed by atoms with Gasteiger partial charge in [0.05, 0.1) is 6.10 Å². The van der Waals surface area contributed by atoms with E-state index in [-0.39, 0.29) is 5.92 Å². The standard InChI is InChI=1S/C17H20ClNO/c1-11-5-3-8-15(12(11)2)17(20)16(10-19)13-6-4-7-14(18)9-13/h3-9,16-17,20H,10,19H2,1-2H3. The van der Waals surface area contributed by atoms with E-state index >= 15 is 0 Å². The van der Waals surface area contributed by atoms with Crippen molar-refractivity contribution in [2.75, 3.05) is 6.54 Å². The van der Waals surface area contributed by atoms with Crippen LogP contribution in [0.1, 0.15) is 34.3 Å². The summed E-state index contributed by atoms with van der Waals surface area (Å²) in [5, 5.41) is 11.4. The number of benzene rings is 2. The SMILES string of the molecule is Cc1cccc(C(O)C(CN)c2cccc(Cl)c2)c1C. The Kier molecular flexibility index (Phi) is 4.81. The van der Waals surface area contributed by atoms with Gasteiger partial charge < -0.3 is 10.8 Å². The van der Waals surface area contributed by atoms with Gasteiger partial charge >= 0.3 is 0 Å². The Hall–Kier alpha value is -1.35. The minimum atomic E-state index is -0.627. The molecule has 0 bridgehead atoms. The molecule has 2 unspecified atom stereocenters. The number of halogens is 1. The van der Waals surface area contributed by atoms with Crippen molar-refractivity contribution in [1.82, 2.24) is 0 Å². The van der Waals surface area contributed by atoms with Crippen molar-refractivity contribution in [3.63, 3.8) is 0 Å². The maximum absolute atomic E-state index is 10.7. The van der Waals surface area contributed by atoms with Gasteiger partial charge in [-0.15, -0.1) is 0 Å². The van der Waals surface area contributed by atoms with Crippen LogP contribution in [-0.2, 0) is 0 Å². The molecule has 0 spiro atoms. The third kappa shape index (κ3) is 3.04. The normalized spacial score (nSPS) is 14.1. The van der Waals surface area contributed by atoms with E-state index in [0.29, 0.717) is 11.6 Å². The van der Waals surface area contributed by atoms with Crippen molar-refractivity contribution in [3.8, 4) is 0 Å². The van der Waals surface area contributed by atoms with Crippen LogP contribution in [0.25, 0.3) is 0 Å². The Morgan fingerprint density at radius 3 is 2.50 bits per heavy atom. The Morgan fingerprint density at radius 1 is 1.15 bits per heavy atom. The first-order valence-electron chi connectivity index (χ1n) is 6.74. The van der Waals surface area contributed by atoms with E-state index in [4.69, 9.17) is 17.3 Å². The zero-order chi connectivity index (χ0) is 14.7. The van der Waals surface area contributed by atoms with Crippen LogP contribution >= 0.6 is 11.6 Å². The fourth-order valence-electron chi connectivity index (χ4n) is 2.50. The Labute approximate surface area is 125 Å². The molecule has 0 aromatic heterocycles. The molecule has 0 aliphatic heterocycles. The van der Waals surface area contributed by atoms with E-state index in [1.165, 1.54) is 5.56 Å². The van der Waals surface area contributed by atoms with Crippen LogP contribution in [0.2, 0.25) is 5.02 Å². The Bertz CT molecular complexity index is 597. The number of aryl methyl sites for hydroxylation is 1. The van der Waals surface area contributed by atoms with Gasteiger partial charge in [-0.2, -0.15) is 0 Å². The van der Waals surface area contributed by atoms with Crippen LogP contribution in [0.15, 0.2) is 42.5 Å². The van der Waals surface area contributed by atoms with Gasteiger partial charge in [0.15, 0.2) is 0 Å². The number of aliphatic hydroxyl groups is 1. The molecular weight excluding hydrogens is 270 g/mol. The molecule has 0 saturated carbocycles. The van der Waals surface area contributed by atoms with E-state index in [0.717, 1.165) is 16.7 Å². The summed E-state index contributed by atoms with van der Waals surface area (Å²) in [4.78, 5) is 0. The number of hydrogen-bond acceptors (Lipinski definition) is 2. The molecule has 0 saturated heterocycles. The van der Waals surface area contributed by atoms with Gasteiger partial charge in [-0.25, -0.2) is 0 Å². The quantitative estimate of drug-likeness (QED) is 0.901. The van der Waals surface area contributed by atoms with Crippen molar-refractivity contribution in [3.05, 3.63) is 69.7 Å². The average molecular weight is 290 g/mol. The third-order valence-electron chi connectivity index (χ3n) is 3.88. The summed E-state index contributed by atoms with van der Waals surface area (Å²) in [5.41, 5.74) is 10.1. The molecule has 0 aliphatic rings. The topological polar surface area (TPSA) is 46.2 Å². The highest BCUT2D eigenvalue weighted by molar-refractivity contribution is 6.30. The van der Waals surface area contributed by atoms with Gasteiger partial charge in [0.25, 0.3) is 0 Å². The maximum Gasteiger partial charge on any atom is 0.0873 e. The summed E-state index contributed by atoms with van der Waals surface area (Å²) >= 11 is 6.03. The van der Waals surface area contributed by atoms with Crippen LogP contribution in [0.4, 0.5) is 0 Å². The van der Waals surface area contributed by atoms with Crippen LogP contribution in [0, 0.1) is 13.8 Å². The second-order valence-electron chi connectivity index (χ2n) is 5.13. The lowest BCUT2D eigenvalue weighted by atomic mass is 9.86. The molecular formula is C17H20ClNO. The molecule has 2 atom stereocenters. The van der Waals surface area contributed by atoms with Gasteiger partial charge in [0.1, 0.15) is 0 Å². The number of rotatable bonds is 4. The number of aliphatic hydroxyl groups excluding tert-OH is 1. The lowest BCUT2D eigenvalue weighted by Gasteiger charge is -2.24. The minimum absolute atomic E-state index is 0.158. The van der Waals surface area contributed by atoms with Crippen molar-refractivity contribution >= 4 is 11.6 Å². The summed E-state index contributed by atoms with van der Waals surface area (Å²) in [6, 6.07) is 13.5. The number of hydrogen-bond donors (Lipinski definition) is 2. The highest BCUT2D eigenvalue weighted by Crippen LogP contribution is 2.33. The zero-order valence-electron chi connectivity index (χ0n) is 11.8. The smallest absolute Gasteiger partial charge is 0.0873 e. The molecule has 0 fully saturated rings. The minimum Gasteiger partial charge on any atom is -0.388 e. The average Bonchev–Trinajstić information content (AvgIpc) is 2.42. The Morgan fingerprint density at radius 2 is 1.85 bits per heavy atom. The number of nitrogens with two attached hydrogens (primary N) is 1. The second-order valence-corrected chi connectivity index (χ2v) is 5.57. The highest BCUT2D eigenvalue weighted by Gasteiger charge is 2.23. The van der Waals surface area contributed by atoms with E-state index < -0.39 is 6.10 Å². The first kappa shape index (κ1) is 15.0. The second kappa shape index (κ2) is 6.40. The van der Waals surface area contributed by atoms with Crippen LogP contribution in [0.5, 0.6) is 0 Å².